The molecule has 7 nitrogen and oxygen atoms in total. The lowest BCUT2D eigenvalue weighted by atomic mass is 10.1. The van der Waals surface area contributed by atoms with Gasteiger partial charge < -0.3 is 19.9 Å². The van der Waals surface area contributed by atoms with Crippen molar-refractivity contribution in [3.63, 3.8) is 0 Å². The lowest BCUT2D eigenvalue weighted by molar-refractivity contribution is -0.137. The number of guanidine groups is 1. The molecule has 0 aromatic carbocycles. The van der Waals surface area contributed by atoms with Gasteiger partial charge in [0.2, 0.25) is 5.88 Å². The number of ether oxygens (including phenoxy) is 1. The third-order valence-corrected chi connectivity index (χ3v) is 4.30. The van der Waals surface area contributed by atoms with Gasteiger partial charge in [-0.05, 0) is 12.5 Å². The van der Waals surface area contributed by atoms with Crippen LogP contribution in [0.3, 0.4) is 0 Å². The Kier molecular flexibility index (Phi) is 8.12. The number of hydrogen-bond donors (Lipinski definition) is 2. The van der Waals surface area contributed by atoms with Crippen LogP contribution < -0.4 is 15.4 Å². The molecule has 0 spiro atoms. The number of pyridine rings is 1. The number of nitrogens with one attached hydrogen (secondary N) is 2. The lowest BCUT2D eigenvalue weighted by Gasteiger charge is -2.13. The number of hydrogen-bond acceptors (Lipinski definition) is 5. The topological polar surface area (TPSA) is 84.6 Å². The molecule has 0 aliphatic rings. The van der Waals surface area contributed by atoms with Gasteiger partial charge in [-0.2, -0.15) is 13.2 Å². The van der Waals surface area contributed by atoms with Crippen LogP contribution in [0, 0.1) is 0 Å². The summed E-state index contributed by atoms with van der Waals surface area (Å²) in [6.45, 7) is 4.97. The van der Waals surface area contributed by atoms with E-state index in [2.05, 4.69) is 25.8 Å². The molecule has 0 bridgehead atoms. The van der Waals surface area contributed by atoms with Gasteiger partial charge in [0, 0.05) is 31.8 Å². The fourth-order valence-corrected chi connectivity index (χ4v) is 2.76. The second kappa shape index (κ2) is 10.3. The fourth-order valence-electron chi connectivity index (χ4n) is 2.53. The summed E-state index contributed by atoms with van der Waals surface area (Å²) in [5.74, 6) is 1.30. The highest BCUT2D eigenvalue weighted by molar-refractivity contribution is 6.31. The van der Waals surface area contributed by atoms with Gasteiger partial charge in [-0.1, -0.05) is 30.6 Å². The second-order valence-corrected chi connectivity index (χ2v) is 6.36. The molecule has 11 heteroatoms. The number of aliphatic imine (C=N–C) groups is 1. The molecule has 2 N–H and O–H groups in total. The van der Waals surface area contributed by atoms with Crippen LogP contribution in [0.1, 0.15) is 36.4 Å². The number of aryl methyl sites for hydroxylation is 2. The molecule has 2 aromatic rings. The molecule has 29 heavy (non-hydrogen) atoms. The van der Waals surface area contributed by atoms with E-state index in [1.165, 1.54) is 0 Å². The van der Waals surface area contributed by atoms with Crippen LogP contribution in [0.25, 0.3) is 0 Å². The van der Waals surface area contributed by atoms with Crippen molar-refractivity contribution in [3.8, 4) is 5.88 Å². The third-order valence-electron chi connectivity index (χ3n) is 4.03. The number of nitrogens with zero attached hydrogens (tertiary/aromatic N) is 3. The van der Waals surface area contributed by atoms with E-state index in [9.17, 15) is 13.2 Å². The first-order valence-electron chi connectivity index (χ1n) is 9.06. The Labute approximate surface area is 171 Å². The molecular weight excluding hydrogens is 411 g/mol. The molecule has 0 fully saturated rings. The smallest absolute Gasteiger partial charge is 0.417 e. The van der Waals surface area contributed by atoms with Crippen molar-refractivity contribution in [2.45, 2.75) is 39.4 Å². The molecule has 0 aliphatic heterocycles. The molecule has 0 saturated heterocycles. The number of alkyl halides is 3. The van der Waals surface area contributed by atoms with Gasteiger partial charge in [-0.3, -0.25) is 4.99 Å². The SMILES string of the molecule is CCc1noc(CC)c1CNC(=NC)NCCOc1ncc(C(F)(F)F)cc1Cl. The molecule has 0 saturated carbocycles. The zero-order valence-electron chi connectivity index (χ0n) is 16.4. The first kappa shape index (κ1) is 22.8. The Bertz CT molecular complexity index is 818. The Morgan fingerprint density at radius 1 is 1.28 bits per heavy atom. The Morgan fingerprint density at radius 2 is 2.03 bits per heavy atom. The van der Waals surface area contributed by atoms with Crippen LogP contribution in [0.4, 0.5) is 13.2 Å². The van der Waals surface area contributed by atoms with Gasteiger partial charge in [0.25, 0.3) is 0 Å². The molecule has 2 heterocycles. The Hall–Kier alpha value is -2.49. The largest absolute Gasteiger partial charge is 0.475 e. The van der Waals surface area contributed by atoms with Crippen molar-refractivity contribution < 1.29 is 22.4 Å². The monoisotopic (exact) mass is 433 g/mol. The predicted molar refractivity (Wildman–Crippen MR) is 103 cm³/mol. The third kappa shape index (κ3) is 6.25. The van der Waals surface area contributed by atoms with Gasteiger partial charge in [0.15, 0.2) is 5.96 Å². The molecule has 0 unspecified atom stereocenters. The normalized spacial score (nSPS) is 12.2. The zero-order chi connectivity index (χ0) is 21.4. The Morgan fingerprint density at radius 3 is 2.62 bits per heavy atom. The van der Waals surface area contributed by atoms with E-state index in [4.69, 9.17) is 20.9 Å². The number of halogens is 4. The summed E-state index contributed by atoms with van der Waals surface area (Å²) < 4.78 is 48.5. The predicted octanol–water partition coefficient (Wildman–Crippen LogP) is 3.61. The maximum atomic E-state index is 12.6. The van der Waals surface area contributed by atoms with Crippen LogP contribution in [0.5, 0.6) is 5.88 Å². The van der Waals surface area contributed by atoms with E-state index < -0.39 is 11.7 Å². The lowest BCUT2D eigenvalue weighted by Crippen LogP contribution is -2.39. The minimum Gasteiger partial charge on any atom is -0.475 e. The summed E-state index contributed by atoms with van der Waals surface area (Å²) in [4.78, 5) is 7.74. The molecule has 2 aromatic heterocycles. The first-order chi connectivity index (χ1) is 13.8. The minimum absolute atomic E-state index is 0.0611. The average Bonchev–Trinajstić information content (AvgIpc) is 3.09. The van der Waals surface area contributed by atoms with Crippen LogP contribution in [0.15, 0.2) is 21.8 Å². The highest BCUT2D eigenvalue weighted by Gasteiger charge is 2.31. The van der Waals surface area contributed by atoms with Gasteiger partial charge in [-0.25, -0.2) is 4.98 Å². The van der Waals surface area contributed by atoms with Gasteiger partial charge in [-0.15, -0.1) is 0 Å². The van der Waals surface area contributed by atoms with Crippen molar-refractivity contribution in [1.29, 1.82) is 0 Å². The van der Waals surface area contributed by atoms with E-state index in [0.29, 0.717) is 25.2 Å². The quantitative estimate of drug-likeness (QED) is 0.376. The molecule has 0 atom stereocenters. The summed E-state index contributed by atoms with van der Waals surface area (Å²) in [5, 5.41) is 10.1. The van der Waals surface area contributed by atoms with E-state index in [1.54, 1.807) is 7.05 Å². The first-order valence-corrected chi connectivity index (χ1v) is 9.44. The van der Waals surface area contributed by atoms with Crippen LogP contribution >= 0.6 is 11.6 Å². The fraction of sp³-hybridized carbons (Fsp3) is 0.500. The summed E-state index contributed by atoms with van der Waals surface area (Å²) in [7, 11) is 1.62. The number of aromatic nitrogens is 2. The maximum Gasteiger partial charge on any atom is 0.417 e. The van der Waals surface area contributed by atoms with Crippen LogP contribution in [0.2, 0.25) is 5.02 Å². The molecule has 0 radical (unpaired) electrons. The number of rotatable bonds is 8. The summed E-state index contributed by atoms with van der Waals surface area (Å²) in [6, 6.07) is 0.785. The van der Waals surface area contributed by atoms with E-state index in [0.717, 1.165) is 35.9 Å². The van der Waals surface area contributed by atoms with Crippen molar-refractivity contribution in [2.24, 2.45) is 4.99 Å². The van der Waals surface area contributed by atoms with E-state index in [1.807, 2.05) is 13.8 Å². The van der Waals surface area contributed by atoms with Crippen molar-refractivity contribution in [3.05, 3.63) is 39.9 Å². The van der Waals surface area contributed by atoms with Crippen molar-refractivity contribution >= 4 is 17.6 Å². The van der Waals surface area contributed by atoms with Crippen molar-refractivity contribution in [1.82, 2.24) is 20.8 Å². The van der Waals surface area contributed by atoms with Crippen LogP contribution in [-0.4, -0.2) is 36.3 Å². The highest BCUT2D eigenvalue weighted by atomic mass is 35.5. The standard InChI is InChI=1S/C18H23ClF3N5O2/c1-4-14-12(15(5-2)29-27-14)10-26-17(23-3)24-6-7-28-16-13(19)8-11(9-25-16)18(20,21)22/h8-9H,4-7,10H2,1-3H3,(H2,23,24,26). The molecule has 0 aliphatic carbocycles. The average molecular weight is 434 g/mol. The summed E-state index contributed by atoms with van der Waals surface area (Å²) in [5.41, 5.74) is 0.982. The highest BCUT2D eigenvalue weighted by Crippen LogP contribution is 2.32. The second-order valence-electron chi connectivity index (χ2n) is 5.95. The molecule has 0 amide bonds. The van der Waals surface area contributed by atoms with Gasteiger partial charge in [0.1, 0.15) is 17.4 Å². The molecular formula is C18H23ClF3N5O2. The summed E-state index contributed by atoms with van der Waals surface area (Å²) >= 11 is 5.81. The Balaban J connectivity index is 1.83. The zero-order valence-corrected chi connectivity index (χ0v) is 17.1. The van der Waals surface area contributed by atoms with Crippen LogP contribution in [-0.2, 0) is 25.6 Å². The van der Waals surface area contributed by atoms with E-state index >= 15 is 0 Å². The van der Waals surface area contributed by atoms with E-state index in [-0.39, 0.29) is 17.5 Å². The minimum atomic E-state index is -4.51. The molecule has 2 rings (SSSR count). The molecule has 160 valence electrons. The van der Waals surface area contributed by atoms with Gasteiger partial charge in [0.05, 0.1) is 17.8 Å². The van der Waals surface area contributed by atoms with Crippen molar-refractivity contribution in [2.75, 3.05) is 20.2 Å². The van der Waals surface area contributed by atoms with Gasteiger partial charge >= 0.3 is 6.18 Å². The summed E-state index contributed by atoms with van der Waals surface area (Å²) in [6.07, 6.45) is -2.31. The maximum absolute atomic E-state index is 12.6.